The number of hydrogen-bond acceptors (Lipinski definition) is 10. The number of aromatic hydroxyl groups is 1. The predicted octanol–water partition coefficient (Wildman–Crippen LogP) is 1.11. The van der Waals surface area contributed by atoms with Gasteiger partial charge in [-0.1, -0.05) is 6.42 Å². The highest BCUT2D eigenvalue weighted by Gasteiger charge is 2.69. The van der Waals surface area contributed by atoms with Gasteiger partial charge in [0.05, 0.1) is 30.0 Å². The molecule has 1 amide bonds. The fraction of sp³-hybridized carbons (Fsp3) is 0.516. The van der Waals surface area contributed by atoms with Gasteiger partial charge in [0.25, 0.3) is 0 Å². The number of aliphatic hydroxyl groups is 1. The number of benzene rings is 1. The standard InChI is InChI=1S/C31H35N3O8/c1-33(2)24-20-12-16-10-19-18(15-6-9-42-14-15)11-17(13-34-7-4-3-5-8-34)25(35)22(19)26(36)21(16)28(38)31(20,41)29(39)23(27(24)37)30(32)40/h6,9,11,14,16,20-21,23-24,35,41H,3-5,7-8,10,12-13H2,1-2H3,(H2,32,40)/t16-,20-,21?,23?,24-,31-/m1/s1. The molecule has 2 aromatic rings. The lowest BCUT2D eigenvalue weighted by Gasteiger charge is -2.52. The van der Waals surface area contributed by atoms with Gasteiger partial charge in [0.15, 0.2) is 34.7 Å². The van der Waals surface area contributed by atoms with Crippen molar-refractivity contribution in [3.05, 3.63) is 41.3 Å². The van der Waals surface area contributed by atoms with Crippen molar-refractivity contribution < 1.29 is 38.6 Å². The van der Waals surface area contributed by atoms with Crippen LogP contribution in [0.15, 0.2) is 29.1 Å². The van der Waals surface area contributed by atoms with E-state index in [9.17, 15) is 34.2 Å². The van der Waals surface area contributed by atoms with E-state index in [2.05, 4.69) is 4.90 Å². The van der Waals surface area contributed by atoms with Crippen molar-refractivity contribution in [2.45, 2.75) is 50.3 Å². The second kappa shape index (κ2) is 10.3. The van der Waals surface area contributed by atoms with Gasteiger partial charge in [-0.05, 0) is 82.0 Å². The lowest BCUT2D eigenvalue weighted by atomic mass is 9.52. The van der Waals surface area contributed by atoms with Gasteiger partial charge in [-0.2, -0.15) is 0 Å². The van der Waals surface area contributed by atoms with E-state index in [4.69, 9.17) is 10.2 Å². The van der Waals surface area contributed by atoms with E-state index >= 15 is 0 Å². The molecule has 0 spiro atoms. The zero-order valence-electron chi connectivity index (χ0n) is 23.7. The van der Waals surface area contributed by atoms with Crippen LogP contribution in [0, 0.1) is 23.7 Å². The van der Waals surface area contributed by atoms with Gasteiger partial charge in [-0.3, -0.25) is 33.8 Å². The van der Waals surface area contributed by atoms with Gasteiger partial charge in [0.2, 0.25) is 5.91 Å². The number of fused-ring (bicyclic) bond motifs is 3. The normalized spacial score (nSPS) is 31.6. The molecule has 11 heteroatoms. The van der Waals surface area contributed by atoms with Gasteiger partial charge in [-0.25, -0.2) is 0 Å². The van der Waals surface area contributed by atoms with Crippen LogP contribution in [0.4, 0.5) is 0 Å². The maximum Gasteiger partial charge on any atom is 0.235 e. The number of likely N-dealkylation sites (tertiary alicyclic amines) is 1. The molecule has 1 saturated heterocycles. The number of primary amides is 1. The third-order valence-electron chi connectivity index (χ3n) is 9.82. The van der Waals surface area contributed by atoms with Crippen molar-refractivity contribution in [2.24, 2.45) is 29.4 Å². The molecule has 3 fully saturated rings. The van der Waals surface area contributed by atoms with E-state index in [1.807, 2.05) is 6.07 Å². The molecule has 2 heterocycles. The Kier molecular flexibility index (Phi) is 6.94. The van der Waals surface area contributed by atoms with Crippen LogP contribution in [-0.4, -0.2) is 87.9 Å². The van der Waals surface area contributed by atoms with Crippen molar-refractivity contribution in [2.75, 3.05) is 27.2 Å². The number of carbonyl (C=O) groups is 5. The fourth-order valence-electron chi connectivity index (χ4n) is 7.88. The first-order chi connectivity index (χ1) is 20.0. The first-order valence-corrected chi connectivity index (χ1v) is 14.4. The Bertz CT molecular complexity index is 1490. The Morgan fingerprint density at radius 1 is 1.14 bits per heavy atom. The maximum atomic E-state index is 14.3. The van der Waals surface area contributed by atoms with Crippen LogP contribution in [0.25, 0.3) is 11.1 Å². The molecule has 1 aromatic heterocycles. The molecule has 4 N–H and O–H groups in total. The number of nitrogens with zero attached hydrogens (tertiary/aromatic N) is 2. The number of likely N-dealkylation sites (N-methyl/N-ethyl adjacent to an activating group) is 1. The topological polar surface area (TPSA) is 171 Å². The number of Topliss-reactive ketones (excluding diaryl/α,β-unsaturated/α-hetero) is 4. The van der Waals surface area contributed by atoms with Crippen LogP contribution < -0.4 is 5.73 Å². The SMILES string of the molecule is CN(C)[C@H]1C(=O)C(C(N)=O)C(=O)[C@]2(O)C(=O)C3C(=O)c4c(O)c(CN5CCCCC5)cc(-c5ccoc5)c4C[C@@H]3C[C@H]12. The van der Waals surface area contributed by atoms with Crippen LogP contribution in [0.5, 0.6) is 5.75 Å². The summed E-state index contributed by atoms with van der Waals surface area (Å²) < 4.78 is 5.34. The molecule has 0 bridgehead atoms. The van der Waals surface area contributed by atoms with E-state index in [0.29, 0.717) is 23.2 Å². The summed E-state index contributed by atoms with van der Waals surface area (Å²) in [5.41, 5.74) is 5.19. The summed E-state index contributed by atoms with van der Waals surface area (Å²) in [7, 11) is 3.13. The highest BCUT2D eigenvalue weighted by atomic mass is 16.3. The molecule has 0 radical (unpaired) electrons. The summed E-state index contributed by atoms with van der Waals surface area (Å²) in [5, 5.41) is 23.3. The van der Waals surface area contributed by atoms with Gasteiger partial charge in [-0.15, -0.1) is 0 Å². The quantitative estimate of drug-likeness (QED) is 0.437. The minimum Gasteiger partial charge on any atom is -0.507 e. The maximum absolute atomic E-state index is 14.3. The Labute approximate surface area is 242 Å². The number of ketones is 4. The third-order valence-corrected chi connectivity index (χ3v) is 9.82. The molecule has 4 aliphatic rings. The zero-order chi connectivity index (χ0) is 30.1. The first-order valence-electron chi connectivity index (χ1n) is 14.4. The lowest BCUT2D eigenvalue weighted by molar-refractivity contribution is -0.181. The second-order valence-electron chi connectivity index (χ2n) is 12.4. The van der Waals surface area contributed by atoms with Crippen molar-refractivity contribution in [1.82, 2.24) is 9.80 Å². The summed E-state index contributed by atoms with van der Waals surface area (Å²) in [6.45, 7) is 2.13. The predicted molar refractivity (Wildman–Crippen MR) is 148 cm³/mol. The van der Waals surface area contributed by atoms with Gasteiger partial charge < -0.3 is 20.4 Å². The summed E-state index contributed by atoms with van der Waals surface area (Å²) in [6.07, 6.45) is 6.49. The van der Waals surface area contributed by atoms with Crippen LogP contribution >= 0.6 is 0 Å². The summed E-state index contributed by atoms with van der Waals surface area (Å²) in [5.74, 6) is -10.5. The highest BCUT2D eigenvalue weighted by molar-refractivity contribution is 6.32. The number of phenolic OH excluding ortho intramolecular Hbond substituents is 1. The Morgan fingerprint density at radius 2 is 1.86 bits per heavy atom. The average Bonchev–Trinajstić information content (AvgIpc) is 3.47. The number of rotatable bonds is 5. The van der Waals surface area contributed by atoms with Crippen LogP contribution in [-0.2, 0) is 32.1 Å². The van der Waals surface area contributed by atoms with E-state index < -0.39 is 64.4 Å². The first kappa shape index (κ1) is 28.4. The molecule has 1 aromatic carbocycles. The molecule has 42 heavy (non-hydrogen) atoms. The molecule has 222 valence electrons. The van der Waals surface area contributed by atoms with Gasteiger partial charge in [0, 0.05) is 23.6 Å². The Hall–Kier alpha value is -3.67. The zero-order valence-corrected chi connectivity index (χ0v) is 23.7. The lowest BCUT2D eigenvalue weighted by Crippen LogP contribution is -2.74. The Morgan fingerprint density at radius 3 is 2.48 bits per heavy atom. The molecule has 2 unspecified atom stereocenters. The van der Waals surface area contributed by atoms with E-state index in [1.54, 1.807) is 26.4 Å². The fourth-order valence-corrected chi connectivity index (χ4v) is 7.88. The summed E-state index contributed by atoms with van der Waals surface area (Å²) in [4.78, 5) is 71.1. The third kappa shape index (κ3) is 4.09. The minimum atomic E-state index is -2.74. The molecule has 1 aliphatic heterocycles. The number of furan rings is 1. The monoisotopic (exact) mass is 577 g/mol. The molecule has 6 atom stereocenters. The Balaban J connectivity index is 1.48. The van der Waals surface area contributed by atoms with Gasteiger partial charge in [0.1, 0.15) is 5.75 Å². The summed E-state index contributed by atoms with van der Waals surface area (Å²) in [6, 6.07) is 2.50. The number of phenols is 1. The minimum absolute atomic E-state index is 0.00497. The van der Waals surface area contributed by atoms with Crippen molar-refractivity contribution in [3.8, 4) is 16.9 Å². The second-order valence-corrected chi connectivity index (χ2v) is 12.4. The summed E-state index contributed by atoms with van der Waals surface area (Å²) >= 11 is 0. The molecular weight excluding hydrogens is 542 g/mol. The smallest absolute Gasteiger partial charge is 0.235 e. The van der Waals surface area contributed by atoms with Crippen molar-refractivity contribution in [3.63, 3.8) is 0 Å². The van der Waals surface area contributed by atoms with E-state index in [1.165, 1.54) is 11.2 Å². The molecule has 11 nitrogen and oxygen atoms in total. The van der Waals surface area contributed by atoms with Crippen LogP contribution in [0.1, 0.15) is 47.2 Å². The molecule has 6 rings (SSSR count). The number of piperidine rings is 1. The van der Waals surface area contributed by atoms with E-state index in [0.717, 1.165) is 37.9 Å². The van der Waals surface area contributed by atoms with Crippen molar-refractivity contribution >= 4 is 29.0 Å². The highest BCUT2D eigenvalue weighted by Crippen LogP contribution is 2.52. The number of amides is 1. The van der Waals surface area contributed by atoms with Crippen LogP contribution in [0.2, 0.25) is 0 Å². The average molecular weight is 578 g/mol. The van der Waals surface area contributed by atoms with Gasteiger partial charge >= 0.3 is 0 Å². The molecule has 3 aliphatic carbocycles. The van der Waals surface area contributed by atoms with Crippen LogP contribution in [0.3, 0.4) is 0 Å². The van der Waals surface area contributed by atoms with Crippen molar-refractivity contribution in [1.29, 1.82) is 0 Å². The van der Waals surface area contributed by atoms with E-state index in [-0.39, 0.29) is 24.2 Å². The molecular formula is C31H35N3O8. The number of hydrogen-bond donors (Lipinski definition) is 3. The largest absolute Gasteiger partial charge is 0.507 e. The number of carbonyl (C=O) groups excluding carboxylic acids is 5. The number of nitrogens with two attached hydrogens (primary N) is 1. The molecule has 2 saturated carbocycles.